The predicted molar refractivity (Wildman–Crippen MR) is 223 cm³/mol. The normalized spacial score (nSPS) is 12.6. The van der Waals surface area contributed by atoms with Gasteiger partial charge in [0.1, 0.15) is 5.69 Å². The number of rotatable bonds is 4. The molecule has 2 heterocycles. The van der Waals surface area contributed by atoms with Gasteiger partial charge in [0.25, 0.3) is 0 Å². The maximum absolute atomic E-state index is 11.1. The average molecular weight is 713 g/mol. The molecule has 2 aromatic heterocycles. The molecule has 8 aromatic rings. The van der Waals surface area contributed by atoms with Crippen molar-refractivity contribution in [3.63, 3.8) is 0 Å². The Kier molecular flexibility index (Phi) is 8.11. The third kappa shape index (κ3) is 4.86. The zero-order valence-electron chi connectivity index (χ0n) is 31.9. The van der Waals surface area contributed by atoms with Crippen LogP contribution in [0.25, 0.3) is 78.5 Å². The number of aromatic nitrogens is 2. The van der Waals surface area contributed by atoms with Gasteiger partial charge in [0.05, 0.1) is 16.6 Å². The maximum atomic E-state index is 11.1. The summed E-state index contributed by atoms with van der Waals surface area (Å²) in [4.78, 5) is 0. The Labute approximate surface area is 314 Å². The fourth-order valence-electron chi connectivity index (χ4n) is 8.52. The second-order valence-electron chi connectivity index (χ2n) is 14.4. The van der Waals surface area contributed by atoms with Crippen LogP contribution >= 0.6 is 0 Å². The minimum atomic E-state index is -0.503. The molecule has 6 aromatic carbocycles. The van der Waals surface area contributed by atoms with Crippen LogP contribution in [0.5, 0.6) is 23.0 Å². The summed E-state index contributed by atoms with van der Waals surface area (Å²) < 4.78 is 4.05. The second-order valence-corrected chi connectivity index (χ2v) is 14.4. The highest BCUT2D eigenvalue weighted by Gasteiger charge is 2.25. The van der Waals surface area contributed by atoms with Crippen LogP contribution in [0.3, 0.4) is 0 Å². The van der Waals surface area contributed by atoms with E-state index in [-0.39, 0.29) is 11.3 Å². The van der Waals surface area contributed by atoms with Crippen LogP contribution in [-0.2, 0) is 0 Å². The molecular formula is C48H44N2O4. The Balaban J connectivity index is 1.32. The Hall–Kier alpha value is -6.40. The fraction of sp³-hybridized carbons (Fsp3) is 0.167. The van der Waals surface area contributed by atoms with Crippen LogP contribution < -0.4 is 10.6 Å². The zero-order chi connectivity index (χ0) is 38.3. The van der Waals surface area contributed by atoms with E-state index in [4.69, 9.17) is 0 Å². The molecular weight excluding hydrogens is 669 g/mol. The quantitative estimate of drug-likeness (QED) is 0.108. The zero-order valence-corrected chi connectivity index (χ0v) is 31.9. The lowest BCUT2D eigenvalue weighted by molar-refractivity contribution is 0.366. The summed E-state index contributed by atoms with van der Waals surface area (Å²) in [7, 11) is 0. The molecule has 6 nitrogen and oxygen atoms in total. The average Bonchev–Trinajstić information content (AvgIpc) is 3.69. The van der Waals surface area contributed by atoms with E-state index < -0.39 is 23.0 Å². The summed E-state index contributed by atoms with van der Waals surface area (Å²) in [5, 5.41) is 48.2. The molecule has 0 radical (unpaired) electrons. The molecule has 0 unspecified atom stereocenters. The Morgan fingerprint density at radius 1 is 0.444 bits per heavy atom. The van der Waals surface area contributed by atoms with E-state index in [1.807, 2.05) is 38.1 Å². The van der Waals surface area contributed by atoms with E-state index in [0.29, 0.717) is 10.9 Å². The lowest BCUT2D eigenvalue weighted by Gasteiger charge is -2.20. The summed E-state index contributed by atoms with van der Waals surface area (Å²) in [5.74, 6) is -1.97. The number of nitrogens with zero attached hydrogens (tertiary/aromatic N) is 2. The van der Waals surface area contributed by atoms with Gasteiger partial charge in [0.15, 0.2) is 23.0 Å². The number of phenols is 4. The van der Waals surface area contributed by atoms with Crippen LogP contribution in [0.1, 0.15) is 47.2 Å². The van der Waals surface area contributed by atoms with Crippen molar-refractivity contribution >= 4 is 44.9 Å². The number of benzene rings is 6. The van der Waals surface area contributed by atoms with E-state index in [2.05, 4.69) is 112 Å². The fourth-order valence-corrected chi connectivity index (χ4v) is 8.52. The van der Waals surface area contributed by atoms with Gasteiger partial charge in [-0.15, -0.1) is 0 Å². The molecule has 8 rings (SSSR count). The first-order valence-corrected chi connectivity index (χ1v) is 18.3. The summed E-state index contributed by atoms with van der Waals surface area (Å²) >= 11 is 0. The van der Waals surface area contributed by atoms with Crippen LogP contribution in [-0.4, -0.2) is 29.6 Å². The molecule has 0 aliphatic carbocycles. The lowest BCUT2D eigenvalue weighted by atomic mass is 9.86. The summed E-state index contributed by atoms with van der Waals surface area (Å²) in [6.07, 6.45) is 3.88. The van der Waals surface area contributed by atoms with Gasteiger partial charge in [0, 0.05) is 38.0 Å². The summed E-state index contributed by atoms with van der Waals surface area (Å²) in [5.41, 5.74) is 15.2. The summed E-state index contributed by atoms with van der Waals surface area (Å²) in [6.45, 7) is 16.4. The first-order valence-electron chi connectivity index (χ1n) is 18.3. The molecule has 0 bridgehead atoms. The van der Waals surface area contributed by atoms with Crippen molar-refractivity contribution in [2.75, 3.05) is 0 Å². The third-order valence-corrected chi connectivity index (χ3v) is 11.8. The van der Waals surface area contributed by atoms with Gasteiger partial charge in [-0.25, -0.2) is 0 Å². The molecule has 0 saturated carbocycles. The van der Waals surface area contributed by atoms with E-state index in [0.717, 1.165) is 49.2 Å². The van der Waals surface area contributed by atoms with Gasteiger partial charge in [-0.3, -0.25) is 0 Å². The Morgan fingerprint density at radius 2 is 1.00 bits per heavy atom. The molecule has 6 heteroatoms. The highest BCUT2D eigenvalue weighted by molar-refractivity contribution is 6.10. The highest BCUT2D eigenvalue weighted by atomic mass is 16.3. The number of aromatic hydroxyl groups is 4. The Bertz CT molecular complexity index is 2960. The topological polar surface area (TPSA) is 90.8 Å². The first kappa shape index (κ1) is 34.7. The molecule has 0 amide bonds. The summed E-state index contributed by atoms with van der Waals surface area (Å²) in [6, 6.07) is 30.2. The molecule has 0 spiro atoms. The molecule has 0 saturated heterocycles. The molecule has 0 atom stereocenters. The van der Waals surface area contributed by atoms with Crippen LogP contribution in [0.15, 0.2) is 84.9 Å². The van der Waals surface area contributed by atoms with Crippen LogP contribution in [0, 0.1) is 41.5 Å². The molecule has 54 heavy (non-hydrogen) atoms. The number of hydrogen-bond acceptors (Lipinski definition) is 4. The van der Waals surface area contributed by atoms with Crippen molar-refractivity contribution < 1.29 is 20.4 Å². The molecule has 270 valence electrons. The highest BCUT2D eigenvalue weighted by Crippen LogP contribution is 2.48. The van der Waals surface area contributed by atoms with E-state index >= 15 is 0 Å². The monoisotopic (exact) mass is 712 g/mol. The number of hydrogen-bond donors (Lipinski definition) is 4. The van der Waals surface area contributed by atoms with Crippen molar-refractivity contribution in [2.45, 2.75) is 55.4 Å². The predicted octanol–water partition coefficient (Wildman–Crippen LogP) is 10.3. The van der Waals surface area contributed by atoms with Gasteiger partial charge in [-0.1, -0.05) is 54.6 Å². The largest absolute Gasteiger partial charge is 0.504 e. The molecule has 0 fully saturated rings. The van der Waals surface area contributed by atoms with E-state index in [1.165, 1.54) is 45.9 Å². The maximum Gasteiger partial charge on any atom is 0.186 e. The smallest absolute Gasteiger partial charge is 0.186 e. The van der Waals surface area contributed by atoms with Crippen molar-refractivity contribution in [1.82, 2.24) is 9.13 Å². The Morgan fingerprint density at radius 3 is 1.61 bits per heavy atom. The van der Waals surface area contributed by atoms with Gasteiger partial charge in [-0.2, -0.15) is 0 Å². The number of phenolic OH excluding ortho intramolecular Hbond substituents is 4. The van der Waals surface area contributed by atoms with Crippen molar-refractivity contribution in [3.05, 3.63) is 129 Å². The number of fused-ring (bicyclic) bond motifs is 4. The van der Waals surface area contributed by atoms with Gasteiger partial charge >= 0.3 is 0 Å². The van der Waals surface area contributed by atoms with Crippen molar-refractivity contribution in [1.29, 1.82) is 0 Å². The lowest BCUT2D eigenvalue weighted by Crippen LogP contribution is -2.28. The van der Waals surface area contributed by atoms with Crippen molar-refractivity contribution in [3.8, 4) is 56.6 Å². The van der Waals surface area contributed by atoms with Crippen LogP contribution in [0.4, 0.5) is 0 Å². The molecule has 0 aliphatic heterocycles. The standard InChI is InChI=1S/C48H44N2O4/c1-9-35-37-23-31(19-21-42(37)50(39(35)10-2)44-47(53)45(51)30(8)46(52)48(44)54)32-18-20-41-38(24-32)36-16-11-12-17-40(36)49(41)34-15-13-14-33(22-34)43-28(6)26(4)25(3)27(5)29(43)7/h9-24,51-54H,1-8H3/b35-9-,39-10+. The van der Waals surface area contributed by atoms with E-state index in [1.54, 1.807) is 4.57 Å². The molecule has 0 aliphatic rings. The van der Waals surface area contributed by atoms with Gasteiger partial charge < -0.3 is 29.6 Å². The van der Waals surface area contributed by atoms with Gasteiger partial charge in [0.2, 0.25) is 0 Å². The van der Waals surface area contributed by atoms with E-state index in [9.17, 15) is 20.4 Å². The number of para-hydroxylation sites is 1. The molecule has 4 N–H and O–H groups in total. The minimum Gasteiger partial charge on any atom is -0.504 e. The third-order valence-electron chi connectivity index (χ3n) is 11.8. The van der Waals surface area contributed by atoms with Crippen LogP contribution in [0.2, 0.25) is 0 Å². The first-order chi connectivity index (χ1) is 25.9. The second kappa shape index (κ2) is 12.6. The van der Waals surface area contributed by atoms with Crippen molar-refractivity contribution in [2.24, 2.45) is 0 Å². The van der Waals surface area contributed by atoms with Gasteiger partial charge in [-0.05, 0) is 148 Å². The minimum absolute atomic E-state index is 0.00267. The SMILES string of the molecule is C/C=c1\c(=C/C)n(-c2c(O)c(O)c(C)c(O)c2O)c2ccc(-c3ccc4c(c3)c3ccccc3n4-c3cccc(-c4c(C)c(C)c(C)c(C)c4C)c3)cc12.